The first-order valence-electron chi connectivity index (χ1n) is 3.89. The van der Waals surface area contributed by atoms with E-state index < -0.39 is 24.4 Å². The summed E-state index contributed by atoms with van der Waals surface area (Å²) in [7, 11) is 1.57. The molecule has 0 aromatic heterocycles. The molecule has 0 aromatic rings. The molecule has 0 aliphatic rings. The second kappa shape index (κ2) is 5.58. The maximum absolute atomic E-state index is 11.6. The molecule has 0 aliphatic heterocycles. The van der Waals surface area contributed by atoms with E-state index >= 15 is 0 Å². The highest BCUT2D eigenvalue weighted by Gasteiger charge is 2.28. The smallest absolute Gasteiger partial charge is 0.340 e. The van der Waals surface area contributed by atoms with Crippen LogP contribution in [-0.2, 0) is 9.59 Å². The molecule has 0 aliphatic carbocycles. The van der Waals surface area contributed by atoms with Crippen molar-refractivity contribution in [2.75, 3.05) is 20.1 Å². The molecule has 82 valence electrons. The number of hydrogen-bond acceptors (Lipinski definition) is 3. The van der Waals surface area contributed by atoms with Gasteiger partial charge in [-0.05, 0) is 7.05 Å². The van der Waals surface area contributed by atoms with Crippen LogP contribution >= 0.6 is 0 Å². The summed E-state index contributed by atoms with van der Waals surface area (Å²) in [5, 5.41) is 4.09. The van der Waals surface area contributed by atoms with Crippen molar-refractivity contribution in [1.82, 2.24) is 10.6 Å². The van der Waals surface area contributed by atoms with E-state index in [0.29, 0.717) is 0 Å². The van der Waals surface area contributed by atoms with Crippen LogP contribution in [0.2, 0.25) is 0 Å². The van der Waals surface area contributed by atoms with Gasteiger partial charge in [0.05, 0.1) is 0 Å². The predicted octanol–water partition coefficient (Wildman–Crippen LogP) is -0.157. The third-order valence-corrected chi connectivity index (χ3v) is 1.30. The van der Waals surface area contributed by atoms with Crippen LogP contribution in [0.15, 0.2) is 0 Å². The van der Waals surface area contributed by atoms with Gasteiger partial charge in [-0.25, -0.2) is 0 Å². The van der Waals surface area contributed by atoms with Gasteiger partial charge in [-0.15, -0.1) is 0 Å². The molecule has 0 heterocycles. The lowest BCUT2D eigenvalue weighted by Gasteiger charge is -2.07. The molecular weight excluding hydrogens is 201 g/mol. The lowest BCUT2D eigenvalue weighted by molar-refractivity contribution is -0.145. The fourth-order valence-corrected chi connectivity index (χ4v) is 0.631. The van der Waals surface area contributed by atoms with Crippen molar-refractivity contribution in [3.63, 3.8) is 0 Å². The number of carbonyl (C=O) groups excluding carboxylic acids is 2. The number of rotatable bonds is 5. The first-order valence-corrected chi connectivity index (χ1v) is 3.89. The lowest BCUT2D eigenvalue weighted by Crippen LogP contribution is -2.38. The molecule has 14 heavy (non-hydrogen) atoms. The van der Waals surface area contributed by atoms with E-state index in [9.17, 15) is 22.8 Å². The summed E-state index contributed by atoms with van der Waals surface area (Å²) in [6.45, 7) is -1.21. The van der Waals surface area contributed by atoms with Crippen LogP contribution in [0, 0.1) is 0 Å². The SMILES string of the molecule is CNCCC(=O)C(=O)NCC(F)(F)F. The summed E-state index contributed by atoms with van der Waals surface area (Å²) in [5.41, 5.74) is 0. The van der Waals surface area contributed by atoms with Gasteiger partial charge in [0.1, 0.15) is 6.54 Å². The van der Waals surface area contributed by atoms with Gasteiger partial charge >= 0.3 is 6.18 Å². The van der Waals surface area contributed by atoms with Gasteiger partial charge in [0.2, 0.25) is 5.78 Å². The molecule has 0 spiro atoms. The molecule has 0 aromatic carbocycles. The Hall–Kier alpha value is -1.11. The molecule has 0 atom stereocenters. The minimum Gasteiger partial charge on any atom is -0.340 e. The fourth-order valence-electron chi connectivity index (χ4n) is 0.631. The maximum atomic E-state index is 11.6. The zero-order chi connectivity index (χ0) is 11.2. The number of Topliss-reactive ketones (excluding diaryl/α,β-unsaturated/α-hetero) is 1. The Labute approximate surface area is 78.8 Å². The topological polar surface area (TPSA) is 58.2 Å². The first kappa shape index (κ1) is 12.9. The quantitative estimate of drug-likeness (QED) is 0.623. The fraction of sp³-hybridized carbons (Fsp3) is 0.714. The van der Waals surface area contributed by atoms with Gasteiger partial charge in [-0.1, -0.05) is 0 Å². The van der Waals surface area contributed by atoms with Gasteiger partial charge in [0.15, 0.2) is 0 Å². The monoisotopic (exact) mass is 212 g/mol. The number of amides is 1. The summed E-state index contributed by atoms with van der Waals surface area (Å²) in [4.78, 5) is 21.5. The number of ketones is 1. The number of alkyl halides is 3. The predicted molar refractivity (Wildman–Crippen MR) is 42.6 cm³/mol. The van der Waals surface area contributed by atoms with E-state index in [4.69, 9.17) is 0 Å². The third-order valence-electron chi connectivity index (χ3n) is 1.30. The highest BCUT2D eigenvalue weighted by molar-refractivity contribution is 6.36. The molecule has 0 unspecified atom stereocenters. The third kappa shape index (κ3) is 6.41. The largest absolute Gasteiger partial charge is 0.405 e. The summed E-state index contributed by atoms with van der Waals surface area (Å²) >= 11 is 0. The molecule has 0 radical (unpaired) electrons. The van der Waals surface area contributed by atoms with Crippen molar-refractivity contribution in [3.05, 3.63) is 0 Å². The van der Waals surface area contributed by atoms with E-state index in [0.717, 1.165) is 0 Å². The Kier molecular flexibility index (Phi) is 5.14. The minimum atomic E-state index is -4.49. The van der Waals surface area contributed by atoms with E-state index in [-0.39, 0.29) is 13.0 Å². The number of nitrogens with one attached hydrogen (secondary N) is 2. The number of hydrogen-bond donors (Lipinski definition) is 2. The Balaban J connectivity index is 3.79. The second-order valence-corrected chi connectivity index (χ2v) is 2.57. The van der Waals surface area contributed by atoms with Gasteiger partial charge in [0, 0.05) is 13.0 Å². The van der Waals surface area contributed by atoms with Crippen molar-refractivity contribution in [1.29, 1.82) is 0 Å². The van der Waals surface area contributed by atoms with E-state index in [1.807, 2.05) is 0 Å². The summed E-state index contributed by atoms with van der Waals surface area (Å²) in [6, 6.07) is 0. The van der Waals surface area contributed by atoms with Crippen molar-refractivity contribution in [2.45, 2.75) is 12.6 Å². The molecule has 0 saturated carbocycles. The zero-order valence-corrected chi connectivity index (χ0v) is 7.57. The first-order chi connectivity index (χ1) is 6.37. The Morgan fingerprint density at radius 3 is 2.29 bits per heavy atom. The number of carbonyl (C=O) groups is 2. The average molecular weight is 212 g/mol. The average Bonchev–Trinajstić information content (AvgIpc) is 2.09. The zero-order valence-electron chi connectivity index (χ0n) is 7.57. The summed E-state index contributed by atoms with van der Waals surface area (Å²) in [5.74, 6) is -2.05. The normalized spacial score (nSPS) is 11.1. The van der Waals surface area contributed by atoms with Crippen molar-refractivity contribution in [3.8, 4) is 0 Å². The van der Waals surface area contributed by atoms with Gasteiger partial charge in [0.25, 0.3) is 5.91 Å². The van der Waals surface area contributed by atoms with E-state index in [1.165, 1.54) is 5.32 Å². The van der Waals surface area contributed by atoms with Crippen molar-refractivity contribution < 1.29 is 22.8 Å². The van der Waals surface area contributed by atoms with E-state index in [1.54, 1.807) is 7.05 Å². The van der Waals surface area contributed by atoms with Crippen molar-refractivity contribution in [2.24, 2.45) is 0 Å². The number of halogens is 3. The van der Waals surface area contributed by atoms with Crippen molar-refractivity contribution >= 4 is 11.7 Å². The molecule has 0 saturated heterocycles. The van der Waals surface area contributed by atoms with Gasteiger partial charge in [-0.3, -0.25) is 9.59 Å². The molecule has 0 bridgehead atoms. The van der Waals surface area contributed by atoms with Crippen LogP contribution in [0.4, 0.5) is 13.2 Å². The molecule has 4 nitrogen and oxygen atoms in total. The van der Waals surface area contributed by atoms with Crippen LogP contribution in [0.1, 0.15) is 6.42 Å². The molecule has 1 amide bonds. The molecule has 0 rings (SSSR count). The van der Waals surface area contributed by atoms with Crippen LogP contribution in [0.5, 0.6) is 0 Å². The molecule has 0 fully saturated rings. The maximum Gasteiger partial charge on any atom is 0.405 e. The van der Waals surface area contributed by atoms with Gasteiger partial charge < -0.3 is 10.6 Å². The van der Waals surface area contributed by atoms with Crippen LogP contribution in [0.25, 0.3) is 0 Å². The summed E-state index contributed by atoms with van der Waals surface area (Å²) < 4.78 is 34.8. The molecular formula is C7H11F3N2O2. The second-order valence-electron chi connectivity index (χ2n) is 2.57. The molecule has 7 heteroatoms. The minimum absolute atomic E-state index is 0.111. The van der Waals surface area contributed by atoms with Crippen LogP contribution < -0.4 is 10.6 Å². The van der Waals surface area contributed by atoms with E-state index in [2.05, 4.69) is 5.32 Å². The molecule has 2 N–H and O–H groups in total. The van der Waals surface area contributed by atoms with Crippen LogP contribution in [-0.4, -0.2) is 38.0 Å². The lowest BCUT2D eigenvalue weighted by atomic mass is 10.2. The van der Waals surface area contributed by atoms with Gasteiger partial charge in [-0.2, -0.15) is 13.2 Å². The Morgan fingerprint density at radius 1 is 1.29 bits per heavy atom. The Bertz CT molecular complexity index is 215. The standard InChI is InChI=1S/C7H11F3N2O2/c1-11-3-2-5(13)6(14)12-4-7(8,9)10/h11H,2-4H2,1H3,(H,12,14). The highest BCUT2D eigenvalue weighted by atomic mass is 19.4. The van der Waals surface area contributed by atoms with Crippen LogP contribution in [0.3, 0.4) is 0 Å². The Morgan fingerprint density at radius 2 is 1.86 bits per heavy atom. The summed E-state index contributed by atoms with van der Waals surface area (Å²) in [6.07, 6.45) is -4.60. The highest BCUT2D eigenvalue weighted by Crippen LogP contribution is 2.11.